The molecule has 0 aromatic carbocycles. The van der Waals surface area contributed by atoms with Crippen LogP contribution in [0.5, 0.6) is 0 Å². The molecule has 0 unspecified atom stereocenters. The van der Waals surface area contributed by atoms with Crippen LogP contribution in [-0.4, -0.2) is 21.7 Å². The number of nitrogens with zero attached hydrogens (tertiary/aromatic N) is 2. The Morgan fingerprint density at radius 2 is 2.00 bits per heavy atom. The van der Waals surface area contributed by atoms with E-state index in [1.54, 1.807) is 0 Å². The fourth-order valence-corrected chi connectivity index (χ4v) is 2.08. The van der Waals surface area contributed by atoms with Gasteiger partial charge in [-0.05, 0) is 15.9 Å². The number of hydrogen-bond donors (Lipinski definition) is 0. The van der Waals surface area contributed by atoms with Crippen LogP contribution in [0.25, 0.3) is 0 Å². The Balaban J connectivity index is 2.93. The number of esters is 1. The molecule has 0 amide bonds. The monoisotopic (exact) mass is 274 g/mol. The summed E-state index contributed by atoms with van der Waals surface area (Å²) in [4.78, 5) is 34.5. The highest BCUT2D eigenvalue weighted by molar-refractivity contribution is 9.10. The van der Waals surface area contributed by atoms with E-state index in [2.05, 4.69) is 15.9 Å². The number of hydrogen-bond acceptors (Lipinski definition) is 4. The Kier molecular flexibility index (Phi) is 2.26. The molecular formula is C8H7BrN2O4. The predicted molar refractivity (Wildman–Crippen MR) is 53.9 cm³/mol. The van der Waals surface area contributed by atoms with E-state index in [-0.39, 0.29) is 23.3 Å². The molecule has 80 valence electrons. The quantitative estimate of drug-likeness (QED) is 0.597. The van der Waals surface area contributed by atoms with Crippen LogP contribution in [0.3, 0.4) is 0 Å². The van der Waals surface area contributed by atoms with Crippen LogP contribution in [0.2, 0.25) is 0 Å². The highest BCUT2D eigenvalue weighted by atomic mass is 79.9. The maximum atomic E-state index is 11.6. The van der Waals surface area contributed by atoms with Gasteiger partial charge in [0.1, 0.15) is 11.1 Å². The summed E-state index contributed by atoms with van der Waals surface area (Å²) >= 11 is 3.00. The Morgan fingerprint density at radius 1 is 1.33 bits per heavy atom. The van der Waals surface area contributed by atoms with Crippen molar-refractivity contribution < 1.29 is 9.53 Å². The SMILES string of the molecule is Cn1c(=O)c(Br)c2n(c1=O)CCOC2=O. The summed E-state index contributed by atoms with van der Waals surface area (Å²) in [5.41, 5.74) is -1.05. The molecule has 0 bridgehead atoms. The summed E-state index contributed by atoms with van der Waals surface area (Å²) in [6.07, 6.45) is 0. The van der Waals surface area contributed by atoms with Crippen LogP contribution in [0.15, 0.2) is 14.1 Å². The fourth-order valence-electron chi connectivity index (χ4n) is 1.44. The summed E-state index contributed by atoms with van der Waals surface area (Å²) in [6.45, 7) is 0.420. The maximum Gasteiger partial charge on any atom is 0.356 e. The number of ether oxygens (including phenoxy) is 1. The minimum Gasteiger partial charge on any atom is -0.459 e. The first kappa shape index (κ1) is 10.2. The van der Waals surface area contributed by atoms with Crippen LogP contribution in [0.1, 0.15) is 10.5 Å². The van der Waals surface area contributed by atoms with Gasteiger partial charge in [0.2, 0.25) is 0 Å². The number of carbonyl (C=O) groups excluding carboxylic acids is 1. The normalized spacial score (nSPS) is 14.7. The van der Waals surface area contributed by atoms with Gasteiger partial charge >= 0.3 is 11.7 Å². The van der Waals surface area contributed by atoms with E-state index in [1.807, 2.05) is 0 Å². The molecule has 0 aliphatic carbocycles. The lowest BCUT2D eigenvalue weighted by Gasteiger charge is -2.19. The number of fused-ring (bicyclic) bond motifs is 1. The zero-order chi connectivity index (χ0) is 11.2. The molecule has 15 heavy (non-hydrogen) atoms. The van der Waals surface area contributed by atoms with Gasteiger partial charge in [-0.2, -0.15) is 0 Å². The van der Waals surface area contributed by atoms with E-state index >= 15 is 0 Å². The summed E-state index contributed by atoms with van der Waals surface area (Å²) in [6, 6.07) is 0. The number of aromatic nitrogens is 2. The first-order valence-corrected chi connectivity index (χ1v) is 5.00. The average molecular weight is 275 g/mol. The van der Waals surface area contributed by atoms with E-state index < -0.39 is 17.2 Å². The third-order valence-corrected chi connectivity index (χ3v) is 2.94. The fraction of sp³-hybridized carbons (Fsp3) is 0.375. The molecule has 0 saturated heterocycles. The van der Waals surface area contributed by atoms with Gasteiger partial charge < -0.3 is 4.74 Å². The van der Waals surface area contributed by atoms with Gasteiger partial charge in [0, 0.05) is 7.05 Å². The van der Waals surface area contributed by atoms with E-state index in [1.165, 1.54) is 11.6 Å². The molecule has 0 atom stereocenters. The van der Waals surface area contributed by atoms with Gasteiger partial charge in [0.25, 0.3) is 5.56 Å². The Bertz CT molecular complexity index is 557. The summed E-state index contributed by atoms with van der Waals surface area (Å²) < 4.78 is 7.01. The zero-order valence-corrected chi connectivity index (χ0v) is 9.41. The minimum atomic E-state index is -0.650. The van der Waals surface area contributed by atoms with Crippen LogP contribution < -0.4 is 11.2 Å². The number of rotatable bonds is 0. The Labute approximate surface area is 92.2 Å². The molecule has 6 nitrogen and oxygen atoms in total. The van der Waals surface area contributed by atoms with Crippen molar-refractivity contribution in [1.82, 2.24) is 9.13 Å². The van der Waals surface area contributed by atoms with Gasteiger partial charge in [-0.3, -0.25) is 13.9 Å². The molecule has 2 heterocycles. The molecule has 1 aromatic heterocycles. The second-order valence-corrected chi connectivity index (χ2v) is 3.89. The van der Waals surface area contributed by atoms with E-state index in [4.69, 9.17) is 4.74 Å². The van der Waals surface area contributed by atoms with Crippen molar-refractivity contribution in [2.45, 2.75) is 6.54 Å². The topological polar surface area (TPSA) is 70.3 Å². The lowest BCUT2D eigenvalue weighted by atomic mass is 10.3. The van der Waals surface area contributed by atoms with Crippen LogP contribution in [0, 0.1) is 0 Å². The van der Waals surface area contributed by atoms with Crippen LogP contribution in [0.4, 0.5) is 0 Å². The number of carbonyl (C=O) groups is 1. The third-order valence-electron chi connectivity index (χ3n) is 2.23. The van der Waals surface area contributed by atoms with E-state index in [0.29, 0.717) is 0 Å². The van der Waals surface area contributed by atoms with Crippen molar-refractivity contribution in [3.05, 3.63) is 31.0 Å². The molecule has 0 N–H and O–H groups in total. The number of cyclic esters (lactones) is 1. The smallest absolute Gasteiger partial charge is 0.356 e. The maximum absolute atomic E-state index is 11.6. The van der Waals surface area contributed by atoms with Gasteiger partial charge in [0.05, 0.1) is 6.54 Å². The molecule has 0 fully saturated rings. The molecule has 0 saturated carbocycles. The van der Waals surface area contributed by atoms with Crippen LogP contribution >= 0.6 is 15.9 Å². The first-order chi connectivity index (χ1) is 7.04. The third kappa shape index (κ3) is 1.34. The highest BCUT2D eigenvalue weighted by Crippen LogP contribution is 2.14. The van der Waals surface area contributed by atoms with Crippen molar-refractivity contribution in [3.8, 4) is 0 Å². The molecule has 1 aliphatic rings. The van der Waals surface area contributed by atoms with Crippen molar-refractivity contribution in [2.75, 3.05) is 6.61 Å². The first-order valence-electron chi connectivity index (χ1n) is 4.20. The molecule has 0 radical (unpaired) electrons. The van der Waals surface area contributed by atoms with Crippen LogP contribution in [-0.2, 0) is 18.3 Å². The summed E-state index contributed by atoms with van der Waals surface area (Å²) in [5, 5.41) is 0. The van der Waals surface area contributed by atoms with Gasteiger partial charge in [0.15, 0.2) is 5.69 Å². The molecule has 2 rings (SSSR count). The van der Waals surface area contributed by atoms with Gasteiger partial charge in [-0.25, -0.2) is 9.59 Å². The molecule has 0 spiro atoms. The Morgan fingerprint density at radius 3 is 2.67 bits per heavy atom. The summed E-state index contributed by atoms with van der Waals surface area (Å²) in [5.74, 6) is -0.650. The van der Waals surface area contributed by atoms with Gasteiger partial charge in [-0.15, -0.1) is 0 Å². The second kappa shape index (κ2) is 3.34. The van der Waals surface area contributed by atoms with E-state index in [0.717, 1.165) is 4.57 Å². The van der Waals surface area contributed by atoms with Crippen molar-refractivity contribution in [2.24, 2.45) is 7.05 Å². The Hall–Kier alpha value is -1.37. The van der Waals surface area contributed by atoms with Crippen molar-refractivity contribution in [3.63, 3.8) is 0 Å². The van der Waals surface area contributed by atoms with Crippen molar-refractivity contribution in [1.29, 1.82) is 0 Å². The lowest BCUT2D eigenvalue weighted by Crippen LogP contribution is -2.44. The predicted octanol–water partition coefficient (Wildman–Crippen LogP) is -0.520. The van der Waals surface area contributed by atoms with E-state index in [9.17, 15) is 14.4 Å². The van der Waals surface area contributed by atoms with Gasteiger partial charge in [-0.1, -0.05) is 0 Å². The molecular weight excluding hydrogens is 268 g/mol. The highest BCUT2D eigenvalue weighted by Gasteiger charge is 2.25. The second-order valence-electron chi connectivity index (χ2n) is 3.10. The number of halogens is 1. The molecule has 1 aromatic rings. The largest absolute Gasteiger partial charge is 0.459 e. The van der Waals surface area contributed by atoms with Crippen molar-refractivity contribution >= 4 is 21.9 Å². The molecule has 7 heteroatoms. The lowest BCUT2D eigenvalue weighted by molar-refractivity contribution is 0.0410. The molecule has 1 aliphatic heterocycles. The minimum absolute atomic E-state index is 0.00523. The average Bonchev–Trinajstić information content (AvgIpc) is 2.23. The standard InChI is InChI=1S/C8H7BrN2O4/c1-10-6(12)4(9)5-7(13)15-3-2-11(5)8(10)14/h2-3H2,1H3. The zero-order valence-electron chi connectivity index (χ0n) is 7.82. The summed E-state index contributed by atoms with van der Waals surface area (Å²) in [7, 11) is 1.36.